The Labute approximate surface area is 167 Å². The van der Waals surface area contributed by atoms with E-state index in [9.17, 15) is 9.18 Å². The smallest absolute Gasteiger partial charge is 0.258 e. The summed E-state index contributed by atoms with van der Waals surface area (Å²) in [6.45, 7) is 0.930. The van der Waals surface area contributed by atoms with Crippen LogP contribution in [-0.2, 0) is 11.3 Å². The molecule has 2 aromatic carbocycles. The fraction of sp³-hybridized carbons (Fsp3) is 0.286. The fourth-order valence-corrected chi connectivity index (χ4v) is 3.44. The molecule has 1 atom stereocenters. The maximum Gasteiger partial charge on any atom is 0.258 e. The molecule has 1 saturated heterocycles. The lowest BCUT2D eigenvalue weighted by Gasteiger charge is -2.17. The number of amides is 1. The summed E-state index contributed by atoms with van der Waals surface area (Å²) < 4.78 is 29.3. The van der Waals surface area contributed by atoms with E-state index >= 15 is 0 Å². The van der Waals surface area contributed by atoms with Crippen molar-refractivity contribution in [1.82, 2.24) is 15.0 Å². The first-order valence-corrected chi connectivity index (χ1v) is 9.15. The third-order valence-corrected chi connectivity index (χ3v) is 4.91. The van der Waals surface area contributed by atoms with Crippen LogP contribution >= 0.6 is 0 Å². The molecule has 0 radical (unpaired) electrons. The maximum atomic E-state index is 13.4. The zero-order valence-electron chi connectivity index (χ0n) is 16.1. The van der Waals surface area contributed by atoms with Crippen LogP contribution in [0.3, 0.4) is 0 Å². The molecule has 1 aliphatic heterocycles. The highest BCUT2D eigenvalue weighted by Crippen LogP contribution is 2.32. The summed E-state index contributed by atoms with van der Waals surface area (Å²) >= 11 is 0. The Morgan fingerprint density at radius 3 is 2.76 bits per heavy atom. The van der Waals surface area contributed by atoms with Crippen molar-refractivity contribution in [3.63, 3.8) is 0 Å². The Kier molecular flexibility index (Phi) is 5.16. The van der Waals surface area contributed by atoms with Gasteiger partial charge in [-0.25, -0.2) is 4.39 Å². The van der Waals surface area contributed by atoms with Crippen LogP contribution in [0.5, 0.6) is 11.5 Å². The van der Waals surface area contributed by atoms with Crippen molar-refractivity contribution in [3.8, 4) is 23.0 Å². The first-order valence-electron chi connectivity index (χ1n) is 9.15. The molecular weight excluding hydrogens is 377 g/mol. The zero-order chi connectivity index (χ0) is 20.4. The lowest BCUT2D eigenvalue weighted by atomic mass is 10.1. The molecule has 29 heavy (non-hydrogen) atoms. The van der Waals surface area contributed by atoms with Crippen molar-refractivity contribution in [2.75, 3.05) is 20.8 Å². The monoisotopic (exact) mass is 397 g/mol. The number of ether oxygens (including phenoxy) is 2. The van der Waals surface area contributed by atoms with Gasteiger partial charge in [0.2, 0.25) is 5.91 Å². The minimum Gasteiger partial charge on any atom is -0.493 e. The number of halogens is 1. The topological polar surface area (TPSA) is 77.7 Å². The molecule has 1 fully saturated rings. The lowest BCUT2D eigenvalue weighted by Crippen LogP contribution is -2.24. The van der Waals surface area contributed by atoms with Crippen LogP contribution in [0.25, 0.3) is 11.5 Å². The van der Waals surface area contributed by atoms with Crippen molar-refractivity contribution in [2.24, 2.45) is 0 Å². The van der Waals surface area contributed by atoms with Gasteiger partial charge >= 0.3 is 0 Å². The van der Waals surface area contributed by atoms with Crippen molar-refractivity contribution < 1.29 is 23.2 Å². The molecule has 1 amide bonds. The molecular formula is C21H20FN3O4. The molecule has 0 aliphatic carbocycles. The second-order valence-electron chi connectivity index (χ2n) is 6.83. The van der Waals surface area contributed by atoms with Gasteiger partial charge in [-0.1, -0.05) is 17.3 Å². The predicted octanol–water partition coefficient (Wildman–Crippen LogP) is 3.41. The molecule has 4 rings (SSSR count). The average Bonchev–Trinajstić information content (AvgIpc) is 3.35. The molecule has 1 aromatic heterocycles. The zero-order valence-corrected chi connectivity index (χ0v) is 16.1. The van der Waals surface area contributed by atoms with Crippen LogP contribution in [0, 0.1) is 5.82 Å². The molecule has 2 heterocycles. The number of aromatic nitrogens is 2. The van der Waals surface area contributed by atoms with Gasteiger partial charge in [-0.15, -0.1) is 0 Å². The molecule has 7 nitrogen and oxygen atoms in total. The maximum absolute atomic E-state index is 13.4. The second kappa shape index (κ2) is 7.90. The Bertz CT molecular complexity index is 1040. The number of hydrogen-bond donors (Lipinski definition) is 0. The quantitative estimate of drug-likeness (QED) is 0.634. The number of carbonyl (C=O) groups is 1. The van der Waals surface area contributed by atoms with Gasteiger partial charge in [0.15, 0.2) is 17.3 Å². The highest BCUT2D eigenvalue weighted by atomic mass is 19.1. The number of hydrogen-bond acceptors (Lipinski definition) is 6. The van der Waals surface area contributed by atoms with Gasteiger partial charge in [-0.2, -0.15) is 4.98 Å². The third-order valence-electron chi connectivity index (χ3n) is 4.91. The number of carbonyl (C=O) groups excluding carboxylic acids is 1. The summed E-state index contributed by atoms with van der Waals surface area (Å²) in [5.41, 5.74) is 1.44. The van der Waals surface area contributed by atoms with Gasteiger partial charge in [-0.05, 0) is 35.9 Å². The van der Waals surface area contributed by atoms with Crippen LogP contribution in [-0.4, -0.2) is 41.7 Å². The molecule has 150 valence electrons. The average molecular weight is 397 g/mol. The van der Waals surface area contributed by atoms with E-state index in [-0.39, 0.29) is 23.5 Å². The SMILES string of the molecule is COc1ccc(CN2CC(c3noc(-c4cccc(F)c4)n3)CC2=O)cc1OC. The summed E-state index contributed by atoms with van der Waals surface area (Å²) in [4.78, 5) is 18.6. The Morgan fingerprint density at radius 2 is 2.00 bits per heavy atom. The van der Waals surface area contributed by atoms with Gasteiger partial charge < -0.3 is 18.9 Å². The minimum absolute atomic E-state index is 0.0156. The van der Waals surface area contributed by atoms with Gasteiger partial charge in [-0.3, -0.25) is 4.79 Å². The molecule has 0 saturated carbocycles. The van der Waals surface area contributed by atoms with E-state index in [0.717, 1.165) is 5.56 Å². The molecule has 0 bridgehead atoms. The predicted molar refractivity (Wildman–Crippen MR) is 102 cm³/mol. The van der Waals surface area contributed by atoms with Crippen molar-refractivity contribution in [3.05, 3.63) is 59.7 Å². The van der Waals surface area contributed by atoms with Crippen LogP contribution < -0.4 is 9.47 Å². The van der Waals surface area contributed by atoms with E-state index in [4.69, 9.17) is 14.0 Å². The second-order valence-corrected chi connectivity index (χ2v) is 6.83. The summed E-state index contributed by atoms with van der Waals surface area (Å²) in [5, 5.41) is 4.01. The van der Waals surface area contributed by atoms with Gasteiger partial charge in [0, 0.05) is 31.0 Å². The summed E-state index contributed by atoms with van der Waals surface area (Å²) in [6, 6.07) is 11.5. The summed E-state index contributed by atoms with van der Waals surface area (Å²) in [6.07, 6.45) is 0.301. The highest BCUT2D eigenvalue weighted by Gasteiger charge is 2.34. The largest absolute Gasteiger partial charge is 0.493 e. The number of likely N-dealkylation sites (tertiary alicyclic amines) is 1. The van der Waals surface area contributed by atoms with E-state index in [1.807, 2.05) is 18.2 Å². The standard InChI is InChI=1S/C21H20FN3O4/c1-27-17-7-6-13(8-18(17)28-2)11-25-12-15(10-19(25)26)20-23-21(29-24-20)14-4-3-5-16(22)9-14/h3-9,15H,10-12H2,1-2H3. The van der Waals surface area contributed by atoms with Crippen LogP contribution in [0.15, 0.2) is 47.0 Å². The van der Waals surface area contributed by atoms with Gasteiger partial charge in [0.25, 0.3) is 5.89 Å². The molecule has 8 heteroatoms. The summed E-state index contributed by atoms with van der Waals surface area (Å²) in [7, 11) is 3.15. The van der Waals surface area contributed by atoms with Crippen molar-refractivity contribution in [1.29, 1.82) is 0 Å². The normalized spacial score (nSPS) is 16.3. The minimum atomic E-state index is -0.376. The number of methoxy groups -OCH3 is 2. The van der Waals surface area contributed by atoms with Crippen LogP contribution in [0.2, 0.25) is 0 Å². The summed E-state index contributed by atoms with van der Waals surface area (Å²) in [5.74, 6) is 1.41. The highest BCUT2D eigenvalue weighted by molar-refractivity contribution is 5.79. The van der Waals surface area contributed by atoms with Crippen molar-refractivity contribution in [2.45, 2.75) is 18.9 Å². The Hall–Kier alpha value is -3.42. The molecule has 1 aliphatic rings. The lowest BCUT2D eigenvalue weighted by molar-refractivity contribution is -0.128. The first-order chi connectivity index (χ1) is 14.1. The number of rotatable bonds is 6. The van der Waals surface area contributed by atoms with Gasteiger partial charge in [0.05, 0.1) is 14.2 Å². The molecule has 0 N–H and O–H groups in total. The van der Waals surface area contributed by atoms with E-state index in [0.29, 0.717) is 42.4 Å². The van der Waals surface area contributed by atoms with E-state index in [1.165, 1.54) is 12.1 Å². The van der Waals surface area contributed by atoms with E-state index < -0.39 is 0 Å². The molecule has 0 spiro atoms. The molecule has 3 aromatic rings. The van der Waals surface area contributed by atoms with Crippen molar-refractivity contribution >= 4 is 5.91 Å². The number of nitrogens with zero attached hydrogens (tertiary/aromatic N) is 3. The number of benzene rings is 2. The Morgan fingerprint density at radius 1 is 1.17 bits per heavy atom. The van der Waals surface area contributed by atoms with Crippen LogP contribution in [0.1, 0.15) is 23.7 Å². The Balaban J connectivity index is 1.47. The fourth-order valence-electron chi connectivity index (χ4n) is 3.44. The van der Waals surface area contributed by atoms with E-state index in [1.54, 1.807) is 31.3 Å². The third kappa shape index (κ3) is 3.91. The van der Waals surface area contributed by atoms with Gasteiger partial charge in [0.1, 0.15) is 5.82 Å². The molecule has 1 unspecified atom stereocenters. The first kappa shape index (κ1) is 18.9. The van der Waals surface area contributed by atoms with Crippen LogP contribution in [0.4, 0.5) is 4.39 Å². The van der Waals surface area contributed by atoms with E-state index in [2.05, 4.69) is 10.1 Å².